The van der Waals surface area contributed by atoms with E-state index in [1.807, 2.05) is 13.0 Å². The minimum Gasteiger partial charge on any atom is -0.310 e. The van der Waals surface area contributed by atoms with E-state index in [1.165, 1.54) is 12.4 Å². The summed E-state index contributed by atoms with van der Waals surface area (Å²) in [4.78, 5) is 0.284. The molecule has 2 aromatic rings. The van der Waals surface area contributed by atoms with Crippen molar-refractivity contribution in [3.8, 4) is 0 Å². The van der Waals surface area contributed by atoms with Gasteiger partial charge in [0.05, 0.1) is 16.8 Å². The van der Waals surface area contributed by atoms with Crippen LogP contribution >= 0.6 is 0 Å². The Hall–Kier alpha value is -1.86. The molecule has 1 heterocycles. The summed E-state index contributed by atoms with van der Waals surface area (Å²) >= 11 is 0. The molecule has 1 aromatic carbocycles. The fourth-order valence-corrected chi connectivity index (χ4v) is 3.30. The van der Waals surface area contributed by atoms with E-state index in [0.717, 1.165) is 11.1 Å². The van der Waals surface area contributed by atoms with Crippen LogP contribution in [0.2, 0.25) is 0 Å². The second-order valence-electron chi connectivity index (χ2n) is 5.17. The first-order valence-electron chi connectivity index (χ1n) is 6.73. The average Bonchev–Trinajstić information content (AvgIpc) is 2.89. The molecule has 2 rings (SSSR count). The lowest BCUT2D eigenvalue weighted by atomic mass is 10.1. The molecule has 0 saturated heterocycles. The minimum atomic E-state index is -3.61. The Morgan fingerprint density at radius 1 is 1.33 bits per heavy atom. The van der Waals surface area contributed by atoms with Crippen LogP contribution in [0.15, 0.2) is 35.5 Å². The van der Waals surface area contributed by atoms with Gasteiger partial charge >= 0.3 is 0 Å². The molecule has 0 amide bonds. The zero-order valence-electron chi connectivity index (χ0n) is 12.3. The first-order valence-corrected chi connectivity index (χ1v) is 8.22. The zero-order valence-corrected chi connectivity index (χ0v) is 13.2. The van der Waals surface area contributed by atoms with Gasteiger partial charge in [-0.15, -0.1) is 0 Å². The highest BCUT2D eigenvalue weighted by molar-refractivity contribution is 7.92. The van der Waals surface area contributed by atoms with Crippen LogP contribution in [0.1, 0.15) is 25.0 Å². The van der Waals surface area contributed by atoms with Crippen molar-refractivity contribution in [3.05, 3.63) is 41.7 Å². The Kier molecular flexibility index (Phi) is 4.64. The molecule has 0 aliphatic carbocycles. The van der Waals surface area contributed by atoms with Gasteiger partial charge < -0.3 is 5.32 Å². The Bertz CT molecular complexity index is 694. The summed E-state index contributed by atoms with van der Waals surface area (Å²) in [5.41, 5.74) is 2.14. The molecule has 7 heteroatoms. The van der Waals surface area contributed by atoms with E-state index in [0.29, 0.717) is 18.3 Å². The number of benzene rings is 1. The van der Waals surface area contributed by atoms with Crippen molar-refractivity contribution in [2.24, 2.45) is 0 Å². The molecule has 0 unspecified atom stereocenters. The fraction of sp³-hybridized carbons (Fsp3) is 0.357. The number of aromatic nitrogens is 2. The van der Waals surface area contributed by atoms with Crippen LogP contribution in [0.3, 0.4) is 0 Å². The summed E-state index contributed by atoms with van der Waals surface area (Å²) < 4.78 is 27.4. The van der Waals surface area contributed by atoms with Gasteiger partial charge in [-0.1, -0.05) is 26.0 Å². The highest BCUT2D eigenvalue weighted by Gasteiger charge is 2.18. The maximum Gasteiger partial charge on any atom is 0.262 e. The zero-order chi connectivity index (χ0) is 15.5. The molecule has 3 N–H and O–H groups in total. The predicted octanol–water partition coefficient (Wildman–Crippen LogP) is 2.02. The summed E-state index contributed by atoms with van der Waals surface area (Å²) in [5.74, 6) is 0. The maximum atomic E-state index is 12.4. The normalized spacial score (nSPS) is 11.8. The number of hydrogen-bond donors (Lipinski definition) is 3. The van der Waals surface area contributed by atoms with Gasteiger partial charge in [0.2, 0.25) is 0 Å². The molecular formula is C14H20N4O2S. The van der Waals surface area contributed by atoms with E-state index in [4.69, 9.17) is 0 Å². The Morgan fingerprint density at radius 3 is 2.71 bits per heavy atom. The van der Waals surface area contributed by atoms with Crippen LogP contribution in [-0.4, -0.2) is 24.7 Å². The number of hydrogen-bond acceptors (Lipinski definition) is 4. The number of nitrogens with zero attached hydrogens (tertiary/aromatic N) is 1. The number of anilines is 1. The molecule has 1 aromatic heterocycles. The molecule has 0 atom stereocenters. The van der Waals surface area contributed by atoms with Crippen LogP contribution in [0.5, 0.6) is 0 Å². The topological polar surface area (TPSA) is 86.9 Å². The van der Waals surface area contributed by atoms with Crippen LogP contribution in [0.4, 0.5) is 5.69 Å². The Morgan fingerprint density at radius 2 is 2.10 bits per heavy atom. The molecule has 0 bridgehead atoms. The first-order chi connectivity index (χ1) is 9.90. The monoisotopic (exact) mass is 308 g/mol. The smallest absolute Gasteiger partial charge is 0.262 e. The van der Waals surface area contributed by atoms with E-state index in [9.17, 15) is 8.42 Å². The molecule has 6 nitrogen and oxygen atoms in total. The van der Waals surface area contributed by atoms with Crippen LogP contribution in [0, 0.1) is 6.92 Å². The molecule has 114 valence electrons. The predicted molar refractivity (Wildman–Crippen MR) is 82.6 cm³/mol. The van der Waals surface area contributed by atoms with Crippen molar-refractivity contribution in [3.63, 3.8) is 0 Å². The molecule has 0 radical (unpaired) electrons. The number of aromatic amines is 1. The van der Waals surface area contributed by atoms with Gasteiger partial charge in [-0.25, -0.2) is 8.42 Å². The molecule has 0 aliphatic heterocycles. The highest BCUT2D eigenvalue weighted by Crippen LogP contribution is 2.21. The maximum absolute atomic E-state index is 12.4. The van der Waals surface area contributed by atoms with Crippen molar-refractivity contribution in [2.75, 3.05) is 4.72 Å². The third kappa shape index (κ3) is 3.83. The van der Waals surface area contributed by atoms with Gasteiger partial charge in [0.1, 0.15) is 0 Å². The van der Waals surface area contributed by atoms with Crippen molar-refractivity contribution < 1.29 is 8.42 Å². The molecule has 0 aliphatic rings. The molecule has 0 saturated carbocycles. The third-order valence-corrected chi connectivity index (χ3v) is 4.66. The third-order valence-electron chi connectivity index (χ3n) is 3.14. The van der Waals surface area contributed by atoms with Crippen molar-refractivity contribution in [1.29, 1.82) is 0 Å². The van der Waals surface area contributed by atoms with Gasteiger partial charge in [-0.3, -0.25) is 9.82 Å². The van der Waals surface area contributed by atoms with Gasteiger partial charge in [0.25, 0.3) is 10.0 Å². The van der Waals surface area contributed by atoms with E-state index in [1.54, 1.807) is 12.1 Å². The lowest BCUT2D eigenvalue weighted by molar-refractivity contribution is 0.585. The lowest BCUT2D eigenvalue weighted by Crippen LogP contribution is -2.23. The largest absolute Gasteiger partial charge is 0.310 e. The van der Waals surface area contributed by atoms with Gasteiger partial charge in [-0.05, 0) is 24.1 Å². The number of rotatable bonds is 6. The summed E-state index contributed by atoms with van der Waals surface area (Å²) in [7, 11) is -3.61. The van der Waals surface area contributed by atoms with Crippen molar-refractivity contribution in [1.82, 2.24) is 15.5 Å². The number of nitrogens with one attached hydrogen (secondary N) is 3. The van der Waals surface area contributed by atoms with Gasteiger partial charge in [0.15, 0.2) is 0 Å². The SMILES string of the molecule is Cc1c(CNC(C)C)cccc1S(=O)(=O)Nc1cn[nH]c1. The standard InChI is InChI=1S/C14H20N4O2S/c1-10(2)15-7-12-5-4-6-14(11(12)3)21(19,20)18-13-8-16-17-9-13/h4-6,8-10,15,18H,7H2,1-3H3,(H,16,17). The second kappa shape index (κ2) is 6.28. The van der Waals surface area contributed by atoms with E-state index < -0.39 is 10.0 Å². The summed E-state index contributed by atoms with van der Waals surface area (Å²) in [5, 5.41) is 9.60. The lowest BCUT2D eigenvalue weighted by Gasteiger charge is -2.14. The van der Waals surface area contributed by atoms with Crippen LogP contribution in [-0.2, 0) is 16.6 Å². The Balaban J connectivity index is 2.28. The molecule has 0 spiro atoms. The van der Waals surface area contributed by atoms with Gasteiger partial charge in [-0.2, -0.15) is 5.10 Å². The van der Waals surface area contributed by atoms with E-state index in [-0.39, 0.29) is 4.90 Å². The molecule has 21 heavy (non-hydrogen) atoms. The number of H-pyrrole nitrogens is 1. The van der Waals surface area contributed by atoms with Gasteiger partial charge in [0, 0.05) is 18.8 Å². The first kappa shape index (κ1) is 15.5. The van der Waals surface area contributed by atoms with Crippen molar-refractivity contribution >= 4 is 15.7 Å². The van der Waals surface area contributed by atoms with Crippen LogP contribution in [0.25, 0.3) is 0 Å². The summed E-state index contributed by atoms with van der Waals surface area (Å²) in [6.07, 6.45) is 2.92. The number of sulfonamides is 1. The molecular weight excluding hydrogens is 288 g/mol. The second-order valence-corrected chi connectivity index (χ2v) is 6.82. The van der Waals surface area contributed by atoms with Crippen molar-refractivity contribution in [2.45, 2.75) is 38.3 Å². The van der Waals surface area contributed by atoms with E-state index >= 15 is 0 Å². The highest BCUT2D eigenvalue weighted by atomic mass is 32.2. The summed E-state index contributed by atoms with van der Waals surface area (Å²) in [6.45, 7) is 6.56. The molecule has 0 fully saturated rings. The fourth-order valence-electron chi connectivity index (χ4n) is 1.97. The average molecular weight is 308 g/mol. The minimum absolute atomic E-state index is 0.284. The van der Waals surface area contributed by atoms with Crippen LogP contribution < -0.4 is 10.0 Å². The quantitative estimate of drug-likeness (QED) is 0.762. The summed E-state index contributed by atoms with van der Waals surface area (Å²) in [6, 6.07) is 5.64. The Labute approximate surface area is 125 Å². The van der Waals surface area contributed by atoms with E-state index in [2.05, 4.69) is 34.1 Å².